The quantitative estimate of drug-likeness (QED) is 0.200. The molecule has 0 saturated carbocycles. The molecule has 0 unspecified atom stereocenters. The molecule has 1 fully saturated rings. The zero-order valence-corrected chi connectivity index (χ0v) is 24.8. The number of pyridine rings is 1. The number of carbonyl (C=O) groups is 1. The van der Waals surface area contributed by atoms with Crippen molar-refractivity contribution >= 4 is 41.0 Å². The largest absolute Gasteiger partial charge is 0.494 e. The van der Waals surface area contributed by atoms with Crippen LogP contribution in [-0.4, -0.2) is 79.4 Å². The summed E-state index contributed by atoms with van der Waals surface area (Å²) in [7, 11) is 7.59. The minimum Gasteiger partial charge on any atom is -0.494 e. The van der Waals surface area contributed by atoms with E-state index in [2.05, 4.69) is 61.4 Å². The lowest BCUT2D eigenvalue weighted by Crippen LogP contribution is -2.42. The average Bonchev–Trinajstić information content (AvgIpc) is 3.02. The summed E-state index contributed by atoms with van der Waals surface area (Å²) in [4.78, 5) is 30.3. The van der Waals surface area contributed by atoms with Gasteiger partial charge in [-0.15, -0.1) is 0 Å². The molecule has 4 N–H and O–H groups in total. The third kappa shape index (κ3) is 7.57. The Morgan fingerprint density at radius 3 is 2.51 bits per heavy atom. The van der Waals surface area contributed by atoms with E-state index >= 15 is 0 Å². The van der Waals surface area contributed by atoms with Gasteiger partial charge in [-0.1, -0.05) is 20.4 Å². The van der Waals surface area contributed by atoms with Gasteiger partial charge >= 0.3 is 0 Å². The molecule has 2 aromatic heterocycles. The van der Waals surface area contributed by atoms with Crippen molar-refractivity contribution in [1.29, 1.82) is 5.41 Å². The lowest BCUT2D eigenvalue weighted by atomic mass is 10.0. The predicted molar refractivity (Wildman–Crippen MR) is 168 cm³/mol. The van der Waals surface area contributed by atoms with Gasteiger partial charge in [0.25, 0.3) is 0 Å². The maximum Gasteiger partial charge on any atom is 0.247 e. The van der Waals surface area contributed by atoms with E-state index in [0.29, 0.717) is 46.2 Å². The first-order chi connectivity index (χ1) is 19.9. The number of ether oxygens (including phenoxy) is 1. The van der Waals surface area contributed by atoms with Crippen molar-refractivity contribution in [2.75, 3.05) is 62.2 Å². The van der Waals surface area contributed by atoms with Crippen molar-refractivity contribution in [2.45, 2.75) is 32.7 Å². The highest BCUT2D eigenvalue weighted by molar-refractivity contribution is 6.02. The fraction of sp³-hybridized carbons (Fsp3) is 0.367. The molecule has 0 spiro atoms. The topological polar surface area (TPSA) is 131 Å². The molecule has 3 aromatic rings. The molecule has 41 heavy (non-hydrogen) atoms. The zero-order valence-electron chi connectivity index (χ0n) is 24.8. The van der Waals surface area contributed by atoms with Gasteiger partial charge < -0.3 is 35.9 Å². The Bertz CT molecular complexity index is 1350. The Morgan fingerprint density at radius 2 is 1.90 bits per heavy atom. The maximum atomic E-state index is 12.3. The number of nitrogens with one attached hydrogen (secondary N) is 4. The van der Waals surface area contributed by atoms with Crippen molar-refractivity contribution < 1.29 is 9.53 Å². The number of hydrogen-bond donors (Lipinski definition) is 4. The standard InChI is InChI=1S/C28H35N9O2.C2H6/c1-6-26(38)33-22-14-23(25(39-5)15-24(22)37-11-8-20(9-12-37)36(3)4)35-28-31-10-7-21(34-28)19-13-18(16-29)27(30-2)32-17-19;1-2/h6-7,10,13-17,20,29H,1,8-9,11-12H2,2-5H3,(H,30,32)(H,33,38)(H,31,34,35);1-2H3. The summed E-state index contributed by atoms with van der Waals surface area (Å²) in [5, 5.41) is 16.8. The van der Waals surface area contributed by atoms with E-state index in [9.17, 15) is 4.79 Å². The van der Waals surface area contributed by atoms with Crippen LogP contribution in [0.1, 0.15) is 32.3 Å². The second kappa shape index (κ2) is 14.8. The number of benzene rings is 1. The first-order valence-electron chi connectivity index (χ1n) is 13.7. The summed E-state index contributed by atoms with van der Waals surface area (Å²) >= 11 is 0. The smallest absolute Gasteiger partial charge is 0.247 e. The molecule has 3 heterocycles. The molecule has 1 aliphatic rings. The normalized spacial score (nSPS) is 13.1. The van der Waals surface area contributed by atoms with E-state index in [1.807, 2.05) is 32.0 Å². The van der Waals surface area contributed by atoms with Crippen molar-refractivity contribution in [3.63, 3.8) is 0 Å². The Hall–Kier alpha value is -4.51. The first kappa shape index (κ1) is 31.0. The molecule has 0 atom stereocenters. The summed E-state index contributed by atoms with van der Waals surface area (Å²) in [5.41, 5.74) is 4.17. The van der Waals surface area contributed by atoms with Crippen LogP contribution in [-0.2, 0) is 4.79 Å². The summed E-state index contributed by atoms with van der Waals surface area (Å²) in [5.74, 6) is 1.26. The van der Waals surface area contributed by atoms with Gasteiger partial charge in [-0.3, -0.25) is 4.79 Å². The molecule has 4 rings (SSSR count). The van der Waals surface area contributed by atoms with Crippen LogP contribution in [0.3, 0.4) is 0 Å². The number of methoxy groups -OCH3 is 1. The monoisotopic (exact) mass is 559 g/mol. The van der Waals surface area contributed by atoms with Crippen molar-refractivity contribution in [3.8, 4) is 17.0 Å². The molecule has 1 aliphatic heterocycles. The lowest BCUT2D eigenvalue weighted by molar-refractivity contribution is -0.111. The van der Waals surface area contributed by atoms with Crippen LogP contribution in [0.15, 0.2) is 49.3 Å². The minimum absolute atomic E-state index is 0.298. The number of hydrogen-bond acceptors (Lipinski definition) is 10. The van der Waals surface area contributed by atoms with Gasteiger partial charge in [-0.05, 0) is 51.2 Å². The van der Waals surface area contributed by atoms with Crippen molar-refractivity contribution in [1.82, 2.24) is 19.9 Å². The number of piperidine rings is 1. The fourth-order valence-electron chi connectivity index (χ4n) is 4.65. The Kier molecular flexibility index (Phi) is 11.2. The summed E-state index contributed by atoms with van der Waals surface area (Å²) in [6.45, 7) is 9.32. The predicted octanol–water partition coefficient (Wildman–Crippen LogP) is 5.01. The third-order valence-corrected chi connectivity index (χ3v) is 6.80. The lowest BCUT2D eigenvalue weighted by Gasteiger charge is -2.37. The molecule has 1 aromatic carbocycles. The Labute approximate surface area is 242 Å². The molecule has 0 bridgehead atoms. The van der Waals surface area contributed by atoms with E-state index in [0.717, 1.165) is 37.2 Å². The van der Waals surface area contributed by atoms with E-state index in [-0.39, 0.29) is 5.91 Å². The number of carbonyl (C=O) groups excluding carboxylic acids is 1. The molecule has 1 saturated heterocycles. The highest BCUT2D eigenvalue weighted by Gasteiger charge is 2.24. The Morgan fingerprint density at radius 1 is 1.17 bits per heavy atom. The fourth-order valence-corrected chi connectivity index (χ4v) is 4.65. The van der Waals surface area contributed by atoms with Crippen molar-refractivity contribution in [3.05, 3.63) is 54.9 Å². The van der Waals surface area contributed by atoms with Crippen LogP contribution < -0.4 is 25.6 Å². The second-order valence-electron chi connectivity index (χ2n) is 9.39. The number of amides is 1. The minimum atomic E-state index is -0.298. The molecule has 0 radical (unpaired) electrons. The summed E-state index contributed by atoms with van der Waals surface area (Å²) in [6.07, 6.45) is 7.89. The Balaban J connectivity index is 0.00000226. The van der Waals surface area contributed by atoms with Crippen LogP contribution in [0, 0.1) is 5.41 Å². The molecular weight excluding hydrogens is 518 g/mol. The van der Waals surface area contributed by atoms with Crippen LogP contribution >= 0.6 is 0 Å². The molecule has 11 nitrogen and oxygen atoms in total. The van der Waals surface area contributed by atoms with Crippen LogP contribution in [0.4, 0.5) is 28.8 Å². The van der Waals surface area contributed by atoms with Gasteiger partial charge in [0.2, 0.25) is 11.9 Å². The SMILES string of the molecule is C=CC(=O)Nc1cc(Nc2nccc(-c3cnc(NC)c(C=N)c3)n2)c(OC)cc1N1CCC(N(C)C)CC1.CC. The van der Waals surface area contributed by atoms with Gasteiger partial charge in [0.15, 0.2) is 0 Å². The number of nitrogens with zero attached hydrogens (tertiary/aromatic N) is 5. The zero-order chi connectivity index (χ0) is 29.9. The van der Waals surface area contributed by atoms with E-state index in [1.54, 1.807) is 32.6 Å². The number of rotatable bonds is 10. The highest BCUT2D eigenvalue weighted by Crippen LogP contribution is 2.39. The van der Waals surface area contributed by atoms with Crippen LogP contribution in [0.25, 0.3) is 11.3 Å². The highest BCUT2D eigenvalue weighted by atomic mass is 16.5. The van der Waals surface area contributed by atoms with Gasteiger partial charge in [0.1, 0.15) is 11.6 Å². The number of aromatic nitrogens is 3. The van der Waals surface area contributed by atoms with Gasteiger partial charge in [-0.2, -0.15) is 0 Å². The maximum absolute atomic E-state index is 12.3. The second-order valence-corrected chi connectivity index (χ2v) is 9.39. The molecule has 1 amide bonds. The van der Waals surface area contributed by atoms with E-state index in [1.165, 1.54) is 12.3 Å². The molecule has 218 valence electrons. The third-order valence-electron chi connectivity index (χ3n) is 6.80. The van der Waals surface area contributed by atoms with Gasteiger partial charge in [0.05, 0.1) is 29.9 Å². The molecule has 0 aliphatic carbocycles. The van der Waals surface area contributed by atoms with E-state index in [4.69, 9.17) is 10.1 Å². The molecule has 11 heteroatoms. The summed E-state index contributed by atoms with van der Waals surface area (Å²) in [6, 6.07) is 7.91. The van der Waals surface area contributed by atoms with Gasteiger partial charge in [-0.25, -0.2) is 15.0 Å². The summed E-state index contributed by atoms with van der Waals surface area (Å²) < 4.78 is 5.74. The first-order valence-corrected chi connectivity index (χ1v) is 13.7. The average molecular weight is 560 g/mol. The van der Waals surface area contributed by atoms with E-state index < -0.39 is 0 Å². The van der Waals surface area contributed by atoms with Crippen LogP contribution in [0.2, 0.25) is 0 Å². The van der Waals surface area contributed by atoms with Gasteiger partial charge in [0, 0.05) is 62.0 Å². The number of anilines is 5. The molecular formula is C30H41N9O2. The van der Waals surface area contributed by atoms with Crippen molar-refractivity contribution in [2.24, 2.45) is 0 Å². The van der Waals surface area contributed by atoms with Crippen LogP contribution in [0.5, 0.6) is 5.75 Å².